The highest BCUT2D eigenvalue weighted by Gasteiger charge is 2.10. The normalized spacial score (nSPS) is 10.2. The second-order valence-electron chi connectivity index (χ2n) is 6.21. The van der Waals surface area contributed by atoms with E-state index in [9.17, 15) is 9.59 Å². The number of carbonyl (C=O) groups is 2. The minimum absolute atomic E-state index is 0.288. The molecule has 0 aliphatic rings. The molecule has 142 valence electrons. The van der Waals surface area contributed by atoms with Crippen molar-refractivity contribution >= 4 is 23.3 Å². The third-order valence-corrected chi connectivity index (χ3v) is 4.17. The first-order chi connectivity index (χ1) is 13.5. The molecule has 0 spiro atoms. The summed E-state index contributed by atoms with van der Waals surface area (Å²) in [5, 5.41) is 5.34. The molecule has 0 fully saturated rings. The molecular formula is C22H21N3O3. The number of nitrogens with two attached hydrogens (primary N) is 1. The molecule has 6 nitrogen and oxygen atoms in total. The van der Waals surface area contributed by atoms with Crippen molar-refractivity contribution in [2.45, 2.75) is 6.42 Å². The lowest BCUT2D eigenvalue weighted by Gasteiger charge is -2.12. The summed E-state index contributed by atoms with van der Waals surface area (Å²) in [7, 11) is 1.62. The van der Waals surface area contributed by atoms with E-state index in [0.29, 0.717) is 23.4 Å². The molecule has 0 aromatic heterocycles. The standard InChI is InChI=1S/C22H21N3O3/c1-28-20-11-10-19(14-17(20)12-15-6-3-2-4-7-15)24-21(26)16-8-5-9-18(13-16)25-22(23)27/h2-11,13-14H,12H2,1H3,(H,24,26)(H3,23,25,27). The molecule has 0 saturated heterocycles. The summed E-state index contributed by atoms with van der Waals surface area (Å²) in [6.45, 7) is 0. The largest absolute Gasteiger partial charge is 0.496 e. The van der Waals surface area contributed by atoms with Gasteiger partial charge in [-0.3, -0.25) is 4.79 Å². The van der Waals surface area contributed by atoms with Crippen molar-refractivity contribution in [2.75, 3.05) is 17.7 Å². The van der Waals surface area contributed by atoms with E-state index in [1.54, 1.807) is 37.4 Å². The topological polar surface area (TPSA) is 93.4 Å². The van der Waals surface area contributed by atoms with Crippen LogP contribution >= 0.6 is 0 Å². The first-order valence-corrected chi connectivity index (χ1v) is 8.74. The van der Waals surface area contributed by atoms with Crippen LogP contribution in [-0.4, -0.2) is 19.0 Å². The molecule has 0 heterocycles. The SMILES string of the molecule is COc1ccc(NC(=O)c2cccc(NC(N)=O)c2)cc1Cc1ccccc1. The maximum absolute atomic E-state index is 12.6. The minimum Gasteiger partial charge on any atom is -0.496 e. The molecule has 28 heavy (non-hydrogen) atoms. The summed E-state index contributed by atoms with van der Waals surface area (Å²) in [6, 6.07) is 21.4. The van der Waals surface area contributed by atoms with Gasteiger partial charge in [0.1, 0.15) is 5.75 Å². The second kappa shape index (κ2) is 8.73. The fourth-order valence-electron chi connectivity index (χ4n) is 2.89. The van der Waals surface area contributed by atoms with Crippen molar-refractivity contribution < 1.29 is 14.3 Å². The number of hydrogen-bond acceptors (Lipinski definition) is 3. The Morgan fingerprint density at radius 3 is 2.36 bits per heavy atom. The molecule has 0 saturated carbocycles. The van der Waals surface area contributed by atoms with Gasteiger partial charge < -0.3 is 21.1 Å². The lowest BCUT2D eigenvalue weighted by atomic mass is 10.0. The van der Waals surface area contributed by atoms with Gasteiger partial charge in [0, 0.05) is 28.9 Å². The zero-order chi connectivity index (χ0) is 19.9. The van der Waals surface area contributed by atoms with Crippen LogP contribution in [0.2, 0.25) is 0 Å². The van der Waals surface area contributed by atoms with Gasteiger partial charge in [0.15, 0.2) is 0 Å². The van der Waals surface area contributed by atoms with E-state index in [-0.39, 0.29) is 5.91 Å². The molecule has 6 heteroatoms. The van der Waals surface area contributed by atoms with Gasteiger partial charge >= 0.3 is 6.03 Å². The fraction of sp³-hybridized carbons (Fsp3) is 0.0909. The van der Waals surface area contributed by atoms with Gasteiger partial charge in [0.2, 0.25) is 0 Å². The van der Waals surface area contributed by atoms with Crippen molar-refractivity contribution in [1.29, 1.82) is 0 Å². The number of hydrogen-bond donors (Lipinski definition) is 3. The van der Waals surface area contributed by atoms with Crippen molar-refractivity contribution in [3.63, 3.8) is 0 Å². The van der Waals surface area contributed by atoms with Crippen LogP contribution in [0.25, 0.3) is 0 Å². The number of benzene rings is 3. The highest BCUT2D eigenvalue weighted by atomic mass is 16.5. The molecule has 3 aromatic rings. The lowest BCUT2D eigenvalue weighted by Crippen LogP contribution is -2.19. The summed E-state index contributed by atoms with van der Waals surface area (Å²) >= 11 is 0. The summed E-state index contributed by atoms with van der Waals surface area (Å²) < 4.78 is 5.45. The summed E-state index contributed by atoms with van der Waals surface area (Å²) in [5.41, 5.74) is 8.76. The zero-order valence-corrected chi connectivity index (χ0v) is 15.4. The van der Waals surface area contributed by atoms with E-state index < -0.39 is 6.03 Å². The Hall–Kier alpha value is -3.80. The van der Waals surface area contributed by atoms with Crippen LogP contribution in [0.15, 0.2) is 72.8 Å². The van der Waals surface area contributed by atoms with E-state index in [4.69, 9.17) is 10.5 Å². The lowest BCUT2D eigenvalue weighted by molar-refractivity contribution is 0.102. The van der Waals surface area contributed by atoms with Crippen LogP contribution in [-0.2, 0) is 6.42 Å². The number of methoxy groups -OCH3 is 1. The van der Waals surface area contributed by atoms with Crippen LogP contribution in [0.5, 0.6) is 5.75 Å². The molecule has 0 atom stereocenters. The summed E-state index contributed by atoms with van der Waals surface area (Å²) in [4.78, 5) is 23.6. The van der Waals surface area contributed by atoms with Crippen molar-refractivity contribution in [3.8, 4) is 5.75 Å². The quantitative estimate of drug-likeness (QED) is 0.607. The van der Waals surface area contributed by atoms with Gasteiger partial charge in [-0.25, -0.2) is 4.79 Å². The van der Waals surface area contributed by atoms with E-state index >= 15 is 0 Å². The maximum atomic E-state index is 12.6. The highest BCUT2D eigenvalue weighted by Crippen LogP contribution is 2.26. The Morgan fingerprint density at radius 1 is 0.893 bits per heavy atom. The molecule has 3 aromatic carbocycles. The average Bonchev–Trinajstić information content (AvgIpc) is 2.69. The van der Waals surface area contributed by atoms with Gasteiger partial charge in [-0.05, 0) is 42.0 Å². The highest BCUT2D eigenvalue weighted by molar-refractivity contribution is 6.05. The number of primary amides is 1. The van der Waals surface area contributed by atoms with Crippen LogP contribution < -0.4 is 21.1 Å². The average molecular weight is 375 g/mol. The summed E-state index contributed by atoms with van der Waals surface area (Å²) in [6.07, 6.45) is 0.686. The van der Waals surface area contributed by atoms with Gasteiger partial charge in [-0.2, -0.15) is 0 Å². The smallest absolute Gasteiger partial charge is 0.316 e. The predicted octanol–water partition coefficient (Wildman–Crippen LogP) is 4.03. The molecular weight excluding hydrogens is 354 g/mol. The Morgan fingerprint density at radius 2 is 1.64 bits per heavy atom. The van der Waals surface area contributed by atoms with Gasteiger partial charge in [-0.15, -0.1) is 0 Å². The minimum atomic E-state index is -0.682. The predicted molar refractivity (Wildman–Crippen MR) is 110 cm³/mol. The molecule has 0 bridgehead atoms. The Balaban J connectivity index is 1.79. The first-order valence-electron chi connectivity index (χ1n) is 8.74. The number of ether oxygens (including phenoxy) is 1. The van der Waals surface area contributed by atoms with E-state index in [0.717, 1.165) is 16.9 Å². The summed E-state index contributed by atoms with van der Waals surface area (Å²) in [5.74, 6) is 0.471. The van der Waals surface area contributed by atoms with Crippen LogP contribution in [0.4, 0.5) is 16.2 Å². The molecule has 4 N–H and O–H groups in total. The number of anilines is 2. The molecule has 3 amide bonds. The van der Waals surface area contributed by atoms with Crippen molar-refractivity contribution in [3.05, 3.63) is 89.5 Å². The number of nitrogens with one attached hydrogen (secondary N) is 2. The number of urea groups is 1. The molecule has 0 aliphatic carbocycles. The molecule has 3 rings (SSSR count). The van der Waals surface area contributed by atoms with Crippen molar-refractivity contribution in [2.24, 2.45) is 5.73 Å². The second-order valence-corrected chi connectivity index (χ2v) is 6.21. The van der Waals surface area contributed by atoms with Gasteiger partial charge in [0.25, 0.3) is 5.91 Å². The van der Waals surface area contributed by atoms with Gasteiger partial charge in [0.05, 0.1) is 7.11 Å². The van der Waals surface area contributed by atoms with Crippen LogP contribution in [0, 0.1) is 0 Å². The van der Waals surface area contributed by atoms with E-state index in [1.165, 1.54) is 0 Å². The maximum Gasteiger partial charge on any atom is 0.316 e. The Bertz CT molecular complexity index is 987. The number of carbonyl (C=O) groups excluding carboxylic acids is 2. The van der Waals surface area contributed by atoms with Crippen LogP contribution in [0.1, 0.15) is 21.5 Å². The Labute approximate surface area is 163 Å². The van der Waals surface area contributed by atoms with E-state index in [2.05, 4.69) is 10.6 Å². The molecule has 0 unspecified atom stereocenters. The fourth-order valence-corrected chi connectivity index (χ4v) is 2.89. The zero-order valence-electron chi connectivity index (χ0n) is 15.4. The van der Waals surface area contributed by atoms with Gasteiger partial charge in [-0.1, -0.05) is 36.4 Å². The van der Waals surface area contributed by atoms with Crippen LogP contribution in [0.3, 0.4) is 0 Å². The number of amides is 3. The first kappa shape index (κ1) is 19.0. The molecule has 0 radical (unpaired) electrons. The van der Waals surface area contributed by atoms with E-state index in [1.807, 2.05) is 42.5 Å². The van der Waals surface area contributed by atoms with Crippen molar-refractivity contribution in [1.82, 2.24) is 0 Å². The Kier molecular flexibility index (Phi) is 5.91. The molecule has 0 aliphatic heterocycles. The third-order valence-electron chi connectivity index (χ3n) is 4.17. The number of rotatable bonds is 6. The third kappa shape index (κ3) is 4.88. The monoisotopic (exact) mass is 375 g/mol.